The number of amides is 1. The van der Waals surface area contributed by atoms with E-state index in [1.165, 1.54) is 33.1 Å². The van der Waals surface area contributed by atoms with Crippen molar-refractivity contribution >= 4 is 95.8 Å². The Morgan fingerprint density at radius 3 is 1.10 bits per heavy atom. The van der Waals surface area contributed by atoms with Gasteiger partial charge in [-0.2, -0.15) is 0 Å². The van der Waals surface area contributed by atoms with Crippen LogP contribution in [0.4, 0.5) is 0 Å². The molecule has 678 valence electrons. The van der Waals surface area contributed by atoms with Gasteiger partial charge in [0.25, 0.3) is 5.91 Å². The van der Waals surface area contributed by atoms with Crippen molar-refractivity contribution in [3.8, 4) is 0 Å². The molecule has 9 rings (SSSR count). The molecule has 0 spiro atoms. The van der Waals surface area contributed by atoms with Crippen molar-refractivity contribution in [1.29, 1.82) is 0 Å². The molecule has 0 radical (unpaired) electrons. The van der Waals surface area contributed by atoms with Crippen molar-refractivity contribution in [2.45, 2.75) is 263 Å². The second-order valence-corrected chi connectivity index (χ2v) is 54.2. The van der Waals surface area contributed by atoms with E-state index in [1.54, 1.807) is 72.3 Å². The van der Waals surface area contributed by atoms with E-state index in [2.05, 4.69) is 240 Å². The molecule has 9 aromatic rings. The summed E-state index contributed by atoms with van der Waals surface area (Å²) in [7, 11) is -9.03. The molecule has 1 amide bonds. The highest BCUT2D eigenvalue weighted by molar-refractivity contribution is 8.01. The Kier molecular flexibility index (Phi) is 48.9. The van der Waals surface area contributed by atoms with Gasteiger partial charge in [0.2, 0.25) is 0 Å². The van der Waals surface area contributed by atoms with E-state index >= 15 is 0 Å². The lowest BCUT2D eigenvalue weighted by molar-refractivity contribution is 0.0960. The zero-order valence-electron chi connectivity index (χ0n) is 81.3. The van der Waals surface area contributed by atoms with Crippen molar-refractivity contribution in [1.82, 2.24) is 10.6 Å². The fraction of sp³-hybridized carbons (Fsp3) is 0.434. The number of benzene rings is 9. The van der Waals surface area contributed by atoms with Crippen LogP contribution in [0, 0.1) is 0 Å². The lowest BCUT2D eigenvalue weighted by Crippen LogP contribution is -2.17. The van der Waals surface area contributed by atoms with E-state index in [4.69, 9.17) is 0 Å². The molecular weight excluding hydrogens is 1630 g/mol. The molecule has 1 unspecified atom stereocenters. The minimum absolute atomic E-state index is 0.0255. The first-order valence-corrected chi connectivity index (χ1v) is 56.4. The maximum atomic E-state index is 12.5. The zero-order valence-corrected chi connectivity index (χ0v) is 86.4. The van der Waals surface area contributed by atoms with Crippen LogP contribution in [0.15, 0.2) is 240 Å². The molecule has 0 saturated heterocycles. The Balaban J connectivity index is 0.000000692. The fourth-order valence-corrected chi connectivity index (χ4v) is 19.0. The highest BCUT2D eigenvalue weighted by atomic mass is 32.2. The van der Waals surface area contributed by atoms with Gasteiger partial charge >= 0.3 is 0 Å². The summed E-state index contributed by atoms with van der Waals surface area (Å²) in [6, 6.07) is 71.3. The normalized spacial score (nSPS) is 12.0. The van der Waals surface area contributed by atoms with Crippen LogP contribution < -0.4 is 26.5 Å². The average molecular weight is 1790 g/mol. The molecule has 11 nitrogen and oxygen atoms in total. The molecule has 0 aliphatic rings. The Morgan fingerprint density at radius 1 is 0.350 bits per heavy atom. The van der Waals surface area contributed by atoms with Crippen LogP contribution in [0.1, 0.15) is 309 Å². The molecule has 9 aromatic carbocycles. The third-order valence-corrected chi connectivity index (χ3v) is 32.4. The molecule has 0 aliphatic heterocycles. The van der Waals surface area contributed by atoms with Gasteiger partial charge in [-0.25, -0.2) is 16.8 Å². The minimum Gasteiger partial charge on any atom is -0.388 e. The SMILES string of the molecule is C=C(NC)c1ccc(C(C)C)cc1.C=P(C)(C)c1ccccc1C(C)C.C=S(=O)(c1ccccc1C(C)C)C(C)C.CC(C)c1ccc(P(C)(C)=O)cc1.CC(C)c1ccc(S(=O)(=O)C(C)C)cc1.CC(C)c1cccc(P(C)(C)=O)c1.CC(C)c1cccc(S(=O)(=O)C(C)C)c1.CCC(=O)c1ccccc1C(C)C.CNC(=O)c1cccc(C(C)C)c1. The number of hydrogen-bond acceptors (Lipinski definition) is 10. The predicted octanol–water partition coefficient (Wildman–Crippen LogP) is 27.1. The summed E-state index contributed by atoms with van der Waals surface area (Å²) in [6.07, 6.45) is 4.88. The van der Waals surface area contributed by atoms with E-state index in [0.717, 1.165) is 60.1 Å². The van der Waals surface area contributed by atoms with Gasteiger partial charge in [0.1, 0.15) is 14.3 Å². The highest BCUT2D eigenvalue weighted by Gasteiger charge is 2.23. The second-order valence-electron chi connectivity index (χ2n) is 36.1. The van der Waals surface area contributed by atoms with Gasteiger partial charge in [-0.1, -0.05) is 335 Å². The van der Waals surface area contributed by atoms with E-state index in [-0.39, 0.29) is 27.4 Å². The molecule has 2 N–H and O–H groups in total. The van der Waals surface area contributed by atoms with Crippen LogP contribution in [0.25, 0.3) is 5.70 Å². The first kappa shape index (κ1) is 113. The molecular formula is C106H157N2O9P3S3. The standard InChI is InChI=1S/C13H20OS.C12H17N.2C12H18O2S.C12H16O.C12H19P.C11H15NO.2C11H17OP/c1-10(2)12-8-6-7-9-13(12)15(5,14)11(3)4;1-9(2)11-5-7-12(8-6-11)10(3)13-4;1-9(2)11-5-7-12(8-6-11)15(13,14)10(3)4;1-9(2)11-6-5-7-12(8-11)15(13,14)10(3)4;1-4-12(13)11-8-6-5-7-10(11)9(2)3;1-10(2)11-8-6-7-9-12(11)13(3,4)5;1-8(2)9-5-4-6-10(7-9)11(13)12-3;1-9(2)10-5-7-11(8-6-10)13(3,4)12;1-9(2)10-6-5-7-11(8-10)13(3,4)12/h6-11H,5H2,1-4H3;5-9,13H,3H2,1-2,4H3;2*5-10H,1-4H3;5-9H,4H2,1-3H3;6-10H,3H2,1-2,4-5H3;4-8H,1-3H3,(H,12,13);2*5-9H,1-4H3. The van der Waals surface area contributed by atoms with Crippen LogP contribution >= 0.6 is 21.2 Å². The molecule has 0 aromatic heterocycles. The molecule has 123 heavy (non-hydrogen) atoms. The summed E-state index contributed by atoms with van der Waals surface area (Å²) >= 11 is 0. The molecule has 0 saturated carbocycles. The number of rotatable bonds is 23. The third kappa shape index (κ3) is 38.6. The number of Topliss-reactive ketones (excluding diaryl/α,β-unsaturated/α-hetero) is 1. The summed E-state index contributed by atoms with van der Waals surface area (Å²) in [5.74, 6) is 8.44. The lowest BCUT2D eigenvalue weighted by Gasteiger charge is -2.20. The molecule has 0 heterocycles. The largest absolute Gasteiger partial charge is 0.388 e. The second kappa shape index (κ2) is 53.1. The Morgan fingerprint density at radius 2 is 0.715 bits per heavy atom. The molecule has 0 aliphatic carbocycles. The van der Waals surface area contributed by atoms with E-state index < -0.39 is 50.4 Å². The molecule has 1 atom stereocenters. The van der Waals surface area contributed by atoms with Crippen molar-refractivity contribution in [3.05, 3.63) is 292 Å². The number of ketones is 1. The van der Waals surface area contributed by atoms with Gasteiger partial charge in [-0.15, -0.1) is 0 Å². The van der Waals surface area contributed by atoms with Crippen LogP contribution in [-0.2, 0) is 38.3 Å². The monoisotopic (exact) mass is 1790 g/mol. The predicted molar refractivity (Wildman–Crippen MR) is 548 cm³/mol. The van der Waals surface area contributed by atoms with Gasteiger partial charge in [-0.05, 0) is 246 Å². The number of hydrogen-bond donors (Lipinski definition) is 2. The quantitative estimate of drug-likeness (QED) is 0.0356. The van der Waals surface area contributed by atoms with Crippen LogP contribution in [0.3, 0.4) is 0 Å². The highest BCUT2D eigenvalue weighted by Crippen LogP contribution is 2.38. The van der Waals surface area contributed by atoms with Crippen LogP contribution in [0.2, 0.25) is 0 Å². The van der Waals surface area contributed by atoms with Gasteiger partial charge in [-0.3, -0.25) is 13.8 Å². The van der Waals surface area contributed by atoms with Gasteiger partial charge in [0.05, 0.1) is 20.3 Å². The fourth-order valence-electron chi connectivity index (χ4n) is 12.0. The lowest BCUT2D eigenvalue weighted by atomic mass is 9.94. The third-order valence-electron chi connectivity index (χ3n) is 20.7. The Bertz CT molecular complexity index is 5230. The summed E-state index contributed by atoms with van der Waals surface area (Å²) in [6.45, 7) is 65.7. The van der Waals surface area contributed by atoms with Crippen molar-refractivity contribution in [2.24, 2.45) is 0 Å². The van der Waals surface area contributed by atoms with E-state index in [9.17, 15) is 39.8 Å². The maximum absolute atomic E-state index is 12.5. The van der Waals surface area contributed by atoms with Gasteiger partial charge in [0, 0.05) is 58.1 Å². The van der Waals surface area contributed by atoms with E-state index in [1.807, 2.05) is 162 Å². The first-order valence-electron chi connectivity index (χ1n) is 43.4. The summed E-state index contributed by atoms with van der Waals surface area (Å²) in [5.41, 5.74) is 14.9. The number of sulfone groups is 2. The van der Waals surface area contributed by atoms with Gasteiger partial charge in [0.15, 0.2) is 25.5 Å². The van der Waals surface area contributed by atoms with Gasteiger partial charge < -0.3 is 19.8 Å². The van der Waals surface area contributed by atoms with Crippen molar-refractivity contribution in [2.75, 3.05) is 54.1 Å². The van der Waals surface area contributed by atoms with Crippen molar-refractivity contribution in [3.63, 3.8) is 0 Å². The maximum Gasteiger partial charge on any atom is 0.251 e. The minimum atomic E-state index is -3.13. The smallest absolute Gasteiger partial charge is 0.251 e. The average Bonchev–Trinajstić information content (AvgIpc) is 0.805. The summed E-state index contributed by atoms with van der Waals surface area (Å²) in [4.78, 5) is 24.6. The first-order chi connectivity index (χ1) is 56.8. The summed E-state index contributed by atoms with van der Waals surface area (Å²) in [5, 5.41) is 8.44. The Hall–Kier alpha value is -7.66. The zero-order chi connectivity index (χ0) is 94.6. The molecule has 0 bridgehead atoms. The molecule has 17 heteroatoms. The van der Waals surface area contributed by atoms with E-state index in [0.29, 0.717) is 69.5 Å². The summed E-state index contributed by atoms with van der Waals surface area (Å²) < 4.78 is 83.4. The number of carbonyl (C=O) groups excluding carboxylic acids is 2. The van der Waals surface area contributed by atoms with Crippen LogP contribution in [0.5, 0.6) is 0 Å². The molecule has 0 fully saturated rings. The Labute approximate surface area is 749 Å². The van der Waals surface area contributed by atoms with Crippen LogP contribution in [-0.4, -0.2) is 115 Å². The topological polar surface area (TPSA) is 178 Å². The van der Waals surface area contributed by atoms with Crippen molar-refractivity contribution < 1.29 is 39.8 Å². The number of carbonyl (C=O) groups is 2. The number of nitrogens with one attached hydrogen (secondary N) is 2.